The average molecular weight is 878 g/mol. The molecule has 12 aromatic rings. The van der Waals surface area contributed by atoms with Crippen molar-refractivity contribution in [1.82, 2.24) is 0 Å². The molecule has 0 fully saturated rings. The van der Waals surface area contributed by atoms with E-state index in [4.69, 9.17) is 0 Å². The Morgan fingerprint density at radius 2 is 0.478 bits per heavy atom. The Hall–Kier alpha value is -9.04. The number of benzene rings is 12. The zero-order valence-corrected chi connectivity index (χ0v) is 38.1. The fraction of sp³-hybridized carbons (Fsp3) is 0. The van der Waals surface area contributed by atoms with Crippen molar-refractivity contribution in [3.05, 3.63) is 285 Å². The predicted molar refractivity (Wildman–Crippen MR) is 294 cm³/mol. The fourth-order valence-electron chi connectivity index (χ4n) is 9.77. The minimum Gasteiger partial charge on any atom is -0.310 e. The molecule has 324 valence electrons. The van der Waals surface area contributed by atoms with Crippen LogP contribution < -0.4 is 4.90 Å². The second kappa shape index (κ2) is 18.3. The summed E-state index contributed by atoms with van der Waals surface area (Å²) in [4.78, 5) is 2.44. The maximum absolute atomic E-state index is 2.44. The first-order chi connectivity index (χ1) is 34.2. The van der Waals surface area contributed by atoms with E-state index in [0.29, 0.717) is 0 Å². The van der Waals surface area contributed by atoms with Gasteiger partial charge in [-0.25, -0.2) is 0 Å². The van der Waals surface area contributed by atoms with Crippen LogP contribution in [0.25, 0.3) is 99.4 Å². The number of rotatable bonds is 10. The molecular formula is C68H47N. The third kappa shape index (κ3) is 8.51. The summed E-state index contributed by atoms with van der Waals surface area (Å²) in [6.07, 6.45) is 0. The van der Waals surface area contributed by atoms with Gasteiger partial charge in [0.1, 0.15) is 0 Å². The molecule has 0 aromatic heterocycles. The van der Waals surface area contributed by atoms with Gasteiger partial charge in [0.05, 0.1) is 5.69 Å². The summed E-state index contributed by atoms with van der Waals surface area (Å²) in [5.74, 6) is 0. The van der Waals surface area contributed by atoms with E-state index in [0.717, 1.165) is 39.3 Å². The Morgan fingerprint density at radius 1 is 0.174 bits per heavy atom. The fourth-order valence-corrected chi connectivity index (χ4v) is 9.77. The van der Waals surface area contributed by atoms with Crippen LogP contribution in [0.5, 0.6) is 0 Å². The van der Waals surface area contributed by atoms with Crippen LogP contribution in [-0.2, 0) is 0 Å². The average Bonchev–Trinajstić information content (AvgIpc) is 3.44. The van der Waals surface area contributed by atoms with Crippen LogP contribution in [0.4, 0.5) is 17.1 Å². The lowest BCUT2D eigenvalue weighted by Gasteiger charge is -2.29. The predicted octanol–water partition coefficient (Wildman–Crippen LogP) is 19.1. The van der Waals surface area contributed by atoms with Crippen molar-refractivity contribution < 1.29 is 0 Å². The van der Waals surface area contributed by atoms with Gasteiger partial charge in [-0.05, 0) is 155 Å². The van der Waals surface area contributed by atoms with Crippen molar-refractivity contribution >= 4 is 38.6 Å². The van der Waals surface area contributed by atoms with Gasteiger partial charge < -0.3 is 4.90 Å². The minimum atomic E-state index is 1.07. The zero-order valence-electron chi connectivity index (χ0n) is 38.1. The van der Waals surface area contributed by atoms with E-state index >= 15 is 0 Å². The van der Waals surface area contributed by atoms with E-state index in [-0.39, 0.29) is 0 Å². The molecule has 12 rings (SSSR count). The third-order valence-corrected chi connectivity index (χ3v) is 13.4. The SMILES string of the molecule is c1ccc(-c2ccc(-c3ccc(N(c4ccc(-c5cc(-c6ccccc6)cc(-c6ccccc6)c5)cc4)c4cc(-c5ccc6ccccc6c5)ccc4-c4ccc5ccccc5c4)cc3)cc2)cc1. The van der Waals surface area contributed by atoms with Crippen molar-refractivity contribution in [1.29, 1.82) is 0 Å². The van der Waals surface area contributed by atoms with Gasteiger partial charge >= 0.3 is 0 Å². The van der Waals surface area contributed by atoms with Crippen molar-refractivity contribution in [2.45, 2.75) is 0 Å². The summed E-state index contributed by atoms with van der Waals surface area (Å²) in [6.45, 7) is 0. The maximum Gasteiger partial charge on any atom is 0.0546 e. The van der Waals surface area contributed by atoms with Crippen LogP contribution in [0.1, 0.15) is 0 Å². The number of hydrogen-bond donors (Lipinski definition) is 0. The quantitative estimate of drug-likeness (QED) is 0.132. The molecule has 1 heteroatoms. The van der Waals surface area contributed by atoms with E-state index in [9.17, 15) is 0 Å². The number of hydrogen-bond acceptors (Lipinski definition) is 1. The van der Waals surface area contributed by atoms with Gasteiger partial charge in [-0.1, -0.05) is 224 Å². The minimum absolute atomic E-state index is 1.07. The topological polar surface area (TPSA) is 3.24 Å². The highest BCUT2D eigenvalue weighted by molar-refractivity contribution is 5.96. The summed E-state index contributed by atoms with van der Waals surface area (Å²) in [6, 6.07) is 104. The second-order valence-corrected chi connectivity index (χ2v) is 17.8. The molecule has 0 atom stereocenters. The number of anilines is 3. The van der Waals surface area contributed by atoms with E-state index in [2.05, 4.69) is 290 Å². The third-order valence-electron chi connectivity index (χ3n) is 13.4. The molecule has 0 amide bonds. The van der Waals surface area contributed by atoms with Crippen molar-refractivity contribution in [2.24, 2.45) is 0 Å². The molecule has 0 N–H and O–H groups in total. The van der Waals surface area contributed by atoms with Gasteiger partial charge in [-0.15, -0.1) is 0 Å². The number of fused-ring (bicyclic) bond motifs is 2. The lowest BCUT2D eigenvalue weighted by Crippen LogP contribution is -2.11. The summed E-state index contributed by atoms with van der Waals surface area (Å²) in [5.41, 5.74) is 19.8. The molecule has 0 aliphatic heterocycles. The summed E-state index contributed by atoms with van der Waals surface area (Å²) < 4.78 is 0. The normalized spacial score (nSPS) is 11.2. The van der Waals surface area contributed by atoms with Gasteiger partial charge in [0, 0.05) is 16.9 Å². The molecule has 0 radical (unpaired) electrons. The van der Waals surface area contributed by atoms with Crippen LogP contribution in [0, 0.1) is 0 Å². The van der Waals surface area contributed by atoms with Crippen LogP contribution >= 0.6 is 0 Å². The van der Waals surface area contributed by atoms with Crippen molar-refractivity contribution in [3.63, 3.8) is 0 Å². The lowest BCUT2D eigenvalue weighted by molar-refractivity contribution is 1.28. The van der Waals surface area contributed by atoms with Crippen molar-refractivity contribution in [2.75, 3.05) is 4.90 Å². The Bertz CT molecular complexity index is 3670. The van der Waals surface area contributed by atoms with Gasteiger partial charge in [0.2, 0.25) is 0 Å². The molecule has 0 aliphatic rings. The van der Waals surface area contributed by atoms with Crippen LogP contribution in [0.3, 0.4) is 0 Å². The maximum atomic E-state index is 2.44. The smallest absolute Gasteiger partial charge is 0.0546 e. The number of nitrogens with zero attached hydrogens (tertiary/aromatic N) is 1. The highest BCUT2D eigenvalue weighted by atomic mass is 15.1. The van der Waals surface area contributed by atoms with E-state index < -0.39 is 0 Å². The van der Waals surface area contributed by atoms with Crippen LogP contribution in [0.15, 0.2) is 285 Å². The molecule has 1 nitrogen and oxygen atoms in total. The largest absolute Gasteiger partial charge is 0.310 e. The second-order valence-electron chi connectivity index (χ2n) is 17.8. The molecular weight excluding hydrogens is 831 g/mol. The zero-order chi connectivity index (χ0) is 45.9. The first-order valence-electron chi connectivity index (χ1n) is 23.7. The Morgan fingerprint density at radius 3 is 0.942 bits per heavy atom. The van der Waals surface area contributed by atoms with Crippen LogP contribution in [-0.4, -0.2) is 0 Å². The standard InChI is InChI=1S/C68H47N/c1-4-14-48(15-5-1)53-24-26-54(27-25-53)55-32-37-65(38-33-55)69(66-39-34-56(35-40-66)64-45-62(49-16-6-2-7-17-49)44-63(46-64)50-18-8-3-9-19-50)68-47-60(59-30-28-51-20-10-12-22-57(51)42-59)36-41-67(68)61-31-29-52-21-11-13-23-58(52)43-61/h1-47H. The first-order valence-corrected chi connectivity index (χ1v) is 23.7. The van der Waals surface area contributed by atoms with Gasteiger partial charge in [0.15, 0.2) is 0 Å². The summed E-state index contributed by atoms with van der Waals surface area (Å²) in [7, 11) is 0. The Balaban J connectivity index is 1.01. The van der Waals surface area contributed by atoms with E-state index in [1.807, 2.05) is 0 Å². The summed E-state index contributed by atoms with van der Waals surface area (Å²) in [5, 5.41) is 4.89. The summed E-state index contributed by atoms with van der Waals surface area (Å²) >= 11 is 0. The molecule has 0 saturated carbocycles. The lowest BCUT2D eigenvalue weighted by atomic mass is 9.93. The van der Waals surface area contributed by atoms with Gasteiger partial charge in [0.25, 0.3) is 0 Å². The van der Waals surface area contributed by atoms with E-state index in [1.54, 1.807) is 0 Å². The van der Waals surface area contributed by atoms with E-state index in [1.165, 1.54) is 77.2 Å². The molecule has 0 heterocycles. The molecule has 0 spiro atoms. The highest BCUT2D eigenvalue weighted by Gasteiger charge is 2.20. The molecule has 12 aromatic carbocycles. The molecule has 0 aliphatic carbocycles. The van der Waals surface area contributed by atoms with Crippen LogP contribution in [0.2, 0.25) is 0 Å². The molecule has 69 heavy (non-hydrogen) atoms. The van der Waals surface area contributed by atoms with Crippen molar-refractivity contribution in [3.8, 4) is 77.9 Å². The Kier molecular flexibility index (Phi) is 11.0. The molecule has 0 saturated heterocycles. The monoisotopic (exact) mass is 877 g/mol. The highest BCUT2D eigenvalue weighted by Crippen LogP contribution is 2.45. The molecule has 0 bridgehead atoms. The Labute approximate surface area is 404 Å². The first kappa shape index (κ1) is 41.4. The molecule has 0 unspecified atom stereocenters. The van der Waals surface area contributed by atoms with Gasteiger partial charge in [-0.3, -0.25) is 0 Å². The van der Waals surface area contributed by atoms with Gasteiger partial charge in [-0.2, -0.15) is 0 Å².